The van der Waals surface area contributed by atoms with Gasteiger partial charge in [0, 0.05) is 0 Å². The molecule has 1 aromatic carbocycles. The first-order valence-electron chi connectivity index (χ1n) is 6.23. The lowest BCUT2D eigenvalue weighted by molar-refractivity contribution is -0.122. The number of rotatable bonds is 6. The van der Waals surface area contributed by atoms with Crippen LogP contribution < -0.4 is 11.1 Å². The summed E-state index contributed by atoms with van der Waals surface area (Å²) in [6.07, 6.45) is 7.42. The van der Waals surface area contributed by atoms with Crippen LogP contribution in [0, 0.1) is 12.3 Å². The molecule has 0 radical (unpaired) electrons. The molecule has 1 rings (SSSR count). The predicted octanol–water partition coefficient (Wildman–Crippen LogP) is 1.47. The SMILES string of the molecule is C#CC(CC)NC(=O)[C@@H](N)CCc1ccccc1. The molecule has 3 heteroatoms. The van der Waals surface area contributed by atoms with Gasteiger partial charge in [0.15, 0.2) is 0 Å². The van der Waals surface area contributed by atoms with Crippen molar-refractivity contribution in [1.29, 1.82) is 0 Å². The zero-order valence-corrected chi connectivity index (χ0v) is 10.7. The summed E-state index contributed by atoms with van der Waals surface area (Å²) in [5, 5.41) is 2.75. The average molecular weight is 244 g/mol. The molecule has 0 saturated heterocycles. The van der Waals surface area contributed by atoms with Crippen LogP contribution in [0.5, 0.6) is 0 Å². The van der Waals surface area contributed by atoms with Crippen molar-refractivity contribution in [3.8, 4) is 12.3 Å². The fourth-order valence-corrected chi connectivity index (χ4v) is 1.64. The van der Waals surface area contributed by atoms with E-state index in [2.05, 4.69) is 11.2 Å². The van der Waals surface area contributed by atoms with Crippen LogP contribution in [-0.4, -0.2) is 18.0 Å². The second-order valence-corrected chi connectivity index (χ2v) is 4.27. The number of carbonyl (C=O) groups is 1. The molecule has 1 aromatic rings. The highest BCUT2D eigenvalue weighted by molar-refractivity contribution is 5.82. The molecular formula is C15H20N2O. The second-order valence-electron chi connectivity index (χ2n) is 4.27. The third-order valence-electron chi connectivity index (χ3n) is 2.85. The van der Waals surface area contributed by atoms with Crippen LogP contribution in [0.3, 0.4) is 0 Å². The quantitative estimate of drug-likeness (QED) is 0.745. The highest BCUT2D eigenvalue weighted by Crippen LogP contribution is 2.04. The van der Waals surface area contributed by atoms with E-state index in [1.165, 1.54) is 5.56 Å². The van der Waals surface area contributed by atoms with Crippen molar-refractivity contribution in [3.05, 3.63) is 35.9 Å². The maximum atomic E-state index is 11.8. The summed E-state index contributed by atoms with van der Waals surface area (Å²) in [7, 11) is 0. The molecular weight excluding hydrogens is 224 g/mol. The third kappa shape index (κ3) is 4.60. The van der Waals surface area contributed by atoms with E-state index >= 15 is 0 Å². The Hall–Kier alpha value is -1.79. The van der Waals surface area contributed by atoms with Crippen molar-refractivity contribution in [2.75, 3.05) is 0 Å². The summed E-state index contributed by atoms with van der Waals surface area (Å²) >= 11 is 0. The normalized spacial score (nSPS) is 13.4. The van der Waals surface area contributed by atoms with Crippen LogP contribution in [0.1, 0.15) is 25.3 Å². The Morgan fingerprint density at radius 1 is 1.44 bits per heavy atom. The lowest BCUT2D eigenvalue weighted by atomic mass is 10.0. The van der Waals surface area contributed by atoms with Crippen molar-refractivity contribution in [2.45, 2.75) is 38.3 Å². The molecule has 1 unspecified atom stereocenters. The van der Waals surface area contributed by atoms with Gasteiger partial charge in [0.25, 0.3) is 0 Å². The van der Waals surface area contributed by atoms with Gasteiger partial charge < -0.3 is 11.1 Å². The molecule has 0 aromatic heterocycles. The van der Waals surface area contributed by atoms with Crippen molar-refractivity contribution in [3.63, 3.8) is 0 Å². The van der Waals surface area contributed by atoms with Gasteiger partial charge in [-0.1, -0.05) is 43.2 Å². The minimum atomic E-state index is -0.507. The molecule has 1 amide bonds. The van der Waals surface area contributed by atoms with Crippen LogP contribution >= 0.6 is 0 Å². The van der Waals surface area contributed by atoms with Crippen LogP contribution in [-0.2, 0) is 11.2 Å². The fraction of sp³-hybridized carbons (Fsp3) is 0.400. The molecule has 0 fully saturated rings. The van der Waals surface area contributed by atoms with E-state index in [0.717, 1.165) is 6.42 Å². The minimum absolute atomic E-state index is 0.171. The van der Waals surface area contributed by atoms with Gasteiger partial charge in [-0.2, -0.15) is 0 Å². The van der Waals surface area contributed by atoms with Gasteiger partial charge in [-0.25, -0.2) is 0 Å². The molecule has 96 valence electrons. The molecule has 0 spiro atoms. The smallest absolute Gasteiger partial charge is 0.237 e. The van der Waals surface area contributed by atoms with Crippen LogP contribution in [0.2, 0.25) is 0 Å². The molecule has 0 bridgehead atoms. The van der Waals surface area contributed by atoms with E-state index in [-0.39, 0.29) is 11.9 Å². The summed E-state index contributed by atoms with van der Waals surface area (Å²) in [4.78, 5) is 11.8. The summed E-state index contributed by atoms with van der Waals surface area (Å²) in [5.74, 6) is 2.35. The molecule has 0 aliphatic heterocycles. The Morgan fingerprint density at radius 3 is 2.67 bits per heavy atom. The summed E-state index contributed by atoms with van der Waals surface area (Å²) < 4.78 is 0. The summed E-state index contributed by atoms with van der Waals surface area (Å²) in [6.45, 7) is 1.93. The first-order valence-corrected chi connectivity index (χ1v) is 6.23. The third-order valence-corrected chi connectivity index (χ3v) is 2.85. The Labute approximate surface area is 109 Å². The molecule has 3 nitrogen and oxygen atoms in total. The van der Waals surface area contributed by atoms with Crippen molar-refractivity contribution in [1.82, 2.24) is 5.32 Å². The molecule has 0 aliphatic rings. The van der Waals surface area contributed by atoms with Gasteiger partial charge in [0.05, 0.1) is 12.1 Å². The zero-order chi connectivity index (χ0) is 13.4. The summed E-state index contributed by atoms with van der Waals surface area (Å²) in [5.41, 5.74) is 7.03. The first kappa shape index (κ1) is 14.3. The number of hydrogen-bond acceptors (Lipinski definition) is 2. The maximum absolute atomic E-state index is 11.8. The number of hydrogen-bond donors (Lipinski definition) is 2. The van der Waals surface area contributed by atoms with E-state index in [9.17, 15) is 4.79 Å². The number of aryl methyl sites for hydroxylation is 1. The van der Waals surface area contributed by atoms with E-state index in [1.54, 1.807) is 0 Å². The number of benzene rings is 1. The van der Waals surface area contributed by atoms with E-state index in [1.807, 2.05) is 37.3 Å². The second kappa shape index (κ2) is 7.52. The van der Waals surface area contributed by atoms with Gasteiger partial charge in [-0.3, -0.25) is 4.79 Å². The van der Waals surface area contributed by atoms with Gasteiger partial charge in [0.1, 0.15) is 0 Å². The lowest BCUT2D eigenvalue weighted by Gasteiger charge is -2.15. The number of nitrogens with one attached hydrogen (secondary N) is 1. The van der Waals surface area contributed by atoms with Crippen LogP contribution in [0.25, 0.3) is 0 Å². The van der Waals surface area contributed by atoms with Crippen molar-refractivity contribution < 1.29 is 4.79 Å². The average Bonchev–Trinajstić information content (AvgIpc) is 2.42. The topological polar surface area (TPSA) is 55.1 Å². The van der Waals surface area contributed by atoms with Crippen molar-refractivity contribution >= 4 is 5.91 Å². The highest BCUT2D eigenvalue weighted by atomic mass is 16.2. The van der Waals surface area contributed by atoms with Gasteiger partial charge in [-0.15, -0.1) is 6.42 Å². The van der Waals surface area contributed by atoms with Crippen molar-refractivity contribution in [2.24, 2.45) is 5.73 Å². The number of amides is 1. The zero-order valence-electron chi connectivity index (χ0n) is 10.7. The van der Waals surface area contributed by atoms with Crippen LogP contribution in [0.15, 0.2) is 30.3 Å². The molecule has 3 N–H and O–H groups in total. The van der Waals surface area contributed by atoms with Gasteiger partial charge in [-0.05, 0) is 24.8 Å². The molecule has 0 heterocycles. The minimum Gasteiger partial charge on any atom is -0.341 e. The standard InChI is InChI=1S/C15H20N2O/c1-3-13(4-2)17-15(18)14(16)11-10-12-8-6-5-7-9-12/h1,5-9,13-14H,4,10-11,16H2,2H3,(H,17,18)/t13?,14-/m0/s1. The Bertz CT molecular complexity index is 408. The van der Waals surface area contributed by atoms with E-state index in [0.29, 0.717) is 12.8 Å². The lowest BCUT2D eigenvalue weighted by Crippen LogP contribution is -2.44. The first-order chi connectivity index (χ1) is 8.67. The maximum Gasteiger partial charge on any atom is 0.237 e. The van der Waals surface area contributed by atoms with Crippen LogP contribution in [0.4, 0.5) is 0 Å². The fourth-order valence-electron chi connectivity index (χ4n) is 1.64. The number of carbonyl (C=O) groups excluding carboxylic acids is 1. The highest BCUT2D eigenvalue weighted by Gasteiger charge is 2.15. The van der Waals surface area contributed by atoms with Gasteiger partial charge >= 0.3 is 0 Å². The summed E-state index contributed by atoms with van der Waals surface area (Å²) in [6, 6.07) is 9.25. The number of nitrogens with two attached hydrogens (primary N) is 1. The molecule has 18 heavy (non-hydrogen) atoms. The predicted molar refractivity (Wildman–Crippen MR) is 73.8 cm³/mol. The molecule has 0 saturated carbocycles. The molecule has 2 atom stereocenters. The van der Waals surface area contributed by atoms with E-state index < -0.39 is 6.04 Å². The Morgan fingerprint density at radius 2 is 2.11 bits per heavy atom. The van der Waals surface area contributed by atoms with E-state index in [4.69, 9.17) is 12.2 Å². The Kier molecular flexibility index (Phi) is 5.96. The van der Waals surface area contributed by atoms with Gasteiger partial charge in [0.2, 0.25) is 5.91 Å². The Balaban J connectivity index is 2.39. The largest absolute Gasteiger partial charge is 0.341 e. The monoisotopic (exact) mass is 244 g/mol. The molecule has 0 aliphatic carbocycles. The number of terminal acetylenes is 1.